The van der Waals surface area contributed by atoms with E-state index in [1.54, 1.807) is 24.7 Å². The zero-order chi connectivity index (χ0) is 15.4. The van der Waals surface area contributed by atoms with E-state index in [1.807, 2.05) is 13.0 Å². The topological polar surface area (TPSA) is 68.1 Å². The first-order valence-corrected chi connectivity index (χ1v) is 7.49. The van der Waals surface area contributed by atoms with Gasteiger partial charge >= 0.3 is 0 Å². The SMILES string of the molecule is CC1C(=O)N(c2cn(-c3cccnc3)nc2Cl)C(=O)C2CC12. The molecule has 2 amide bonds. The number of hydrogen-bond acceptors (Lipinski definition) is 4. The van der Waals surface area contributed by atoms with Crippen molar-refractivity contribution in [2.24, 2.45) is 17.8 Å². The van der Waals surface area contributed by atoms with Crippen LogP contribution in [0.5, 0.6) is 0 Å². The number of fused-ring (bicyclic) bond motifs is 1. The van der Waals surface area contributed by atoms with Crippen molar-refractivity contribution in [2.45, 2.75) is 13.3 Å². The Balaban J connectivity index is 1.75. The van der Waals surface area contributed by atoms with Crippen molar-refractivity contribution in [3.8, 4) is 5.69 Å². The van der Waals surface area contributed by atoms with Gasteiger partial charge in [0.15, 0.2) is 5.15 Å². The summed E-state index contributed by atoms with van der Waals surface area (Å²) in [6.07, 6.45) is 5.68. The van der Waals surface area contributed by atoms with Crippen LogP contribution in [0.25, 0.3) is 5.69 Å². The van der Waals surface area contributed by atoms with Crippen LogP contribution in [-0.2, 0) is 9.59 Å². The van der Waals surface area contributed by atoms with Gasteiger partial charge in [-0.05, 0) is 24.5 Å². The average molecular weight is 317 g/mol. The molecule has 4 rings (SSSR count). The number of amides is 2. The number of imide groups is 1. The van der Waals surface area contributed by atoms with Gasteiger partial charge in [-0.15, -0.1) is 0 Å². The maximum Gasteiger partial charge on any atom is 0.237 e. The summed E-state index contributed by atoms with van der Waals surface area (Å²) in [5.41, 5.74) is 1.06. The van der Waals surface area contributed by atoms with Crippen LogP contribution in [0.4, 0.5) is 5.69 Å². The van der Waals surface area contributed by atoms with Gasteiger partial charge in [-0.25, -0.2) is 9.58 Å². The minimum Gasteiger partial charge on any atom is -0.274 e. The second-order valence-corrected chi connectivity index (χ2v) is 6.13. The molecule has 6 nitrogen and oxygen atoms in total. The summed E-state index contributed by atoms with van der Waals surface area (Å²) in [4.78, 5) is 30.1. The molecule has 0 spiro atoms. The summed E-state index contributed by atoms with van der Waals surface area (Å²) in [5.74, 6) is -0.369. The molecule has 3 unspecified atom stereocenters. The van der Waals surface area contributed by atoms with E-state index in [9.17, 15) is 9.59 Å². The van der Waals surface area contributed by atoms with Crippen LogP contribution in [0.2, 0.25) is 5.15 Å². The summed E-state index contributed by atoms with van der Waals surface area (Å²) < 4.78 is 1.52. The maximum atomic E-state index is 12.5. The number of nitrogens with zero attached hydrogens (tertiary/aromatic N) is 4. The van der Waals surface area contributed by atoms with E-state index in [0.717, 1.165) is 6.42 Å². The Hall–Kier alpha value is -2.21. The molecule has 0 radical (unpaired) electrons. The van der Waals surface area contributed by atoms with Gasteiger partial charge in [0.2, 0.25) is 11.8 Å². The molecular formula is C15H13ClN4O2. The molecule has 3 heterocycles. The number of carbonyl (C=O) groups is 2. The fourth-order valence-corrected chi connectivity index (χ4v) is 3.28. The largest absolute Gasteiger partial charge is 0.274 e. The molecule has 1 aliphatic heterocycles. The predicted molar refractivity (Wildman–Crippen MR) is 79.6 cm³/mol. The molecule has 0 bridgehead atoms. The highest BCUT2D eigenvalue weighted by atomic mass is 35.5. The number of pyridine rings is 1. The summed E-state index contributed by atoms with van der Waals surface area (Å²) in [5, 5.41) is 4.32. The Morgan fingerprint density at radius 2 is 2.14 bits per heavy atom. The Bertz CT molecular complexity index is 773. The van der Waals surface area contributed by atoms with Crippen molar-refractivity contribution in [3.63, 3.8) is 0 Å². The third-order valence-corrected chi connectivity index (χ3v) is 4.70. The van der Waals surface area contributed by atoms with E-state index >= 15 is 0 Å². The molecule has 22 heavy (non-hydrogen) atoms. The Labute approximate surface area is 131 Å². The molecule has 112 valence electrons. The van der Waals surface area contributed by atoms with Crippen LogP contribution < -0.4 is 4.90 Å². The number of piperidine rings is 1. The summed E-state index contributed by atoms with van der Waals surface area (Å²) >= 11 is 6.17. The second kappa shape index (κ2) is 4.64. The Morgan fingerprint density at radius 1 is 1.32 bits per heavy atom. The Morgan fingerprint density at radius 3 is 2.86 bits per heavy atom. The van der Waals surface area contributed by atoms with Gasteiger partial charge in [0.1, 0.15) is 5.69 Å². The van der Waals surface area contributed by atoms with Gasteiger partial charge in [-0.2, -0.15) is 5.10 Å². The number of hydrogen-bond donors (Lipinski definition) is 0. The number of halogens is 1. The van der Waals surface area contributed by atoms with Crippen LogP contribution in [0.15, 0.2) is 30.7 Å². The minimum absolute atomic E-state index is 0.0505. The molecule has 2 fully saturated rings. The predicted octanol–water partition coefficient (Wildman–Crippen LogP) is 2.07. The van der Waals surface area contributed by atoms with E-state index in [-0.39, 0.29) is 34.7 Å². The first kappa shape index (κ1) is 13.5. The van der Waals surface area contributed by atoms with E-state index in [1.165, 1.54) is 9.58 Å². The number of rotatable bonds is 2. The molecule has 1 saturated carbocycles. The third kappa shape index (κ3) is 1.87. The van der Waals surface area contributed by atoms with Gasteiger partial charge in [-0.1, -0.05) is 18.5 Å². The second-order valence-electron chi connectivity index (χ2n) is 5.77. The van der Waals surface area contributed by atoms with E-state index < -0.39 is 0 Å². The van der Waals surface area contributed by atoms with Crippen molar-refractivity contribution < 1.29 is 9.59 Å². The smallest absolute Gasteiger partial charge is 0.237 e. The quantitative estimate of drug-likeness (QED) is 0.795. The normalized spacial score (nSPS) is 27.0. The molecule has 0 N–H and O–H groups in total. The van der Waals surface area contributed by atoms with Gasteiger partial charge in [0.05, 0.1) is 18.1 Å². The van der Waals surface area contributed by atoms with Gasteiger partial charge in [-0.3, -0.25) is 14.6 Å². The molecule has 1 aliphatic carbocycles. The van der Waals surface area contributed by atoms with Crippen molar-refractivity contribution in [1.82, 2.24) is 14.8 Å². The molecule has 2 aliphatic rings. The van der Waals surface area contributed by atoms with E-state index in [2.05, 4.69) is 10.1 Å². The monoisotopic (exact) mass is 316 g/mol. The molecule has 2 aromatic rings. The van der Waals surface area contributed by atoms with Gasteiger partial charge in [0.25, 0.3) is 0 Å². The van der Waals surface area contributed by atoms with Crippen molar-refractivity contribution in [3.05, 3.63) is 35.9 Å². The highest BCUT2D eigenvalue weighted by Gasteiger charge is 2.56. The summed E-state index contributed by atoms with van der Waals surface area (Å²) in [7, 11) is 0. The molecule has 3 atom stereocenters. The molecule has 2 aromatic heterocycles. The average Bonchev–Trinajstić information content (AvgIpc) is 3.25. The lowest BCUT2D eigenvalue weighted by atomic mass is 9.98. The molecule has 7 heteroatoms. The minimum atomic E-state index is -0.198. The number of carbonyl (C=O) groups excluding carboxylic acids is 2. The van der Waals surface area contributed by atoms with Crippen LogP contribution in [0.3, 0.4) is 0 Å². The molecule has 0 aromatic carbocycles. The van der Waals surface area contributed by atoms with E-state index in [4.69, 9.17) is 11.6 Å². The van der Waals surface area contributed by atoms with Crippen LogP contribution in [-0.4, -0.2) is 26.6 Å². The molecular weight excluding hydrogens is 304 g/mol. The summed E-state index contributed by atoms with van der Waals surface area (Å²) in [6.45, 7) is 1.87. The van der Waals surface area contributed by atoms with Crippen molar-refractivity contribution >= 4 is 29.1 Å². The fourth-order valence-electron chi connectivity index (χ4n) is 3.07. The first-order chi connectivity index (χ1) is 10.6. The zero-order valence-corrected chi connectivity index (χ0v) is 12.6. The standard InChI is InChI=1S/C15H13ClN4O2/c1-8-10-5-11(10)15(22)20(14(8)21)12-7-19(18-13(12)16)9-3-2-4-17-6-9/h2-4,6-8,10-11H,5H2,1H3. The van der Waals surface area contributed by atoms with Gasteiger partial charge < -0.3 is 0 Å². The lowest BCUT2D eigenvalue weighted by Gasteiger charge is -2.27. The molecule has 1 saturated heterocycles. The van der Waals surface area contributed by atoms with Crippen molar-refractivity contribution in [2.75, 3.05) is 4.90 Å². The van der Waals surface area contributed by atoms with Gasteiger partial charge in [0, 0.05) is 18.0 Å². The maximum absolute atomic E-state index is 12.5. The Kier molecular flexibility index (Phi) is 2.84. The van der Waals surface area contributed by atoms with Crippen LogP contribution in [0.1, 0.15) is 13.3 Å². The van der Waals surface area contributed by atoms with E-state index in [0.29, 0.717) is 11.4 Å². The highest BCUT2D eigenvalue weighted by molar-refractivity contribution is 6.34. The first-order valence-electron chi connectivity index (χ1n) is 7.11. The fraction of sp³-hybridized carbons (Fsp3) is 0.333. The number of anilines is 1. The van der Waals surface area contributed by atoms with Crippen molar-refractivity contribution in [1.29, 1.82) is 0 Å². The lowest BCUT2D eigenvalue weighted by Crippen LogP contribution is -2.46. The lowest BCUT2D eigenvalue weighted by molar-refractivity contribution is -0.132. The zero-order valence-electron chi connectivity index (χ0n) is 11.8. The van der Waals surface area contributed by atoms with Crippen LogP contribution >= 0.6 is 11.6 Å². The summed E-state index contributed by atoms with van der Waals surface area (Å²) in [6, 6.07) is 3.60. The number of aromatic nitrogens is 3. The van der Waals surface area contributed by atoms with Crippen LogP contribution in [0, 0.1) is 17.8 Å². The third-order valence-electron chi connectivity index (χ3n) is 4.43. The highest BCUT2D eigenvalue weighted by Crippen LogP contribution is 2.50.